The van der Waals surface area contributed by atoms with Crippen LogP contribution in [0.4, 0.5) is 13.2 Å². The lowest BCUT2D eigenvalue weighted by Crippen LogP contribution is -2.09. The second kappa shape index (κ2) is 18.2. The predicted octanol–water partition coefficient (Wildman–Crippen LogP) is 19.6. The summed E-state index contributed by atoms with van der Waals surface area (Å²) in [6, 6.07) is 63.9. The Morgan fingerprint density at radius 2 is 0.618 bits per heavy atom. The number of hydrogen-bond donors (Lipinski definition) is 0. The van der Waals surface area contributed by atoms with Gasteiger partial charge in [0.15, 0.2) is 0 Å². The molecule has 0 atom stereocenters. The quantitative estimate of drug-likeness (QED) is 0.157. The molecule has 2 aromatic heterocycles. The zero-order valence-corrected chi connectivity index (χ0v) is 43.8. The van der Waals surface area contributed by atoms with Gasteiger partial charge in [0.05, 0.1) is 39.0 Å². The van der Waals surface area contributed by atoms with Crippen LogP contribution in [-0.2, 0) is 6.18 Å². The van der Waals surface area contributed by atoms with E-state index in [9.17, 15) is 5.26 Å². The molecule has 0 saturated heterocycles. The molecule has 0 radical (unpaired) electrons. The molecular formula is C70H54F3N3. The second-order valence-corrected chi connectivity index (χ2v) is 21.1. The first kappa shape index (κ1) is 48.0. The monoisotopic (exact) mass is 993 g/mol. The van der Waals surface area contributed by atoms with Gasteiger partial charge in [-0.15, -0.1) is 0 Å². The number of hydrogen-bond acceptors (Lipinski definition) is 1. The Bertz CT molecular complexity index is 3890. The van der Waals surface area contributed by atoms with E-state index in [0.29, 0.717) is 22.5 Å². The van der Waals surface area contributed by atoms with Crippen molar-refractivity contribution in [1.82, 2.24) is 9.13 Å². The van der Waals surface area contributed by atoms with Gasteiger partial charge in [0, 0.05) is 21.5 Å². The lowest BCUT2D eigenvalue weighted by molar-refractivity contribution is -0.137. The molecule has 0 bridgehead atoms. The van der Waals surface area contributed by atoms with Crippen molar-refractivity contribution in [2.75, 3.05) is 0 Å². The molecule has 0 N–H and O–H groups in total. The molecular weight excluding hydrogens is 940 g/mol. The van der Waals surface area contributed by atoms with Crippen LogP contribution in [0.5, 0.6) is 0 Å². The van der Waals surface area contributed by atoms with Crippen molar-refractivity contribution in [2.45, 2.75) is 61.6 Å². The Kier molecular flexibility index (Phi) is 11.5. The van der Waals surface area contributed by atoms with Gasteiger partial charge < -0.3 is 9.13 Å². The highest BCUT2D eigenvalue weighted by molar-refractivity contribution is 6.14. The van der Waals surface area contributed by atoms with Crippen LogP contribution in [0.25, 0.3) is 111 Å². The highest BCUT2D eigenvalue weighted by Gasteiger charge is 2.34. The summed E-state index contributed by atoms with van der Waals surface area (Å²) >= 11 is 0. The molecule has 6 heteroatoms. The van der Waals surface area contributed by atoms with Crippen molar-refractivity contribution in [3.63, 3.8) is 0 Å². The molecule has 2 heterocycles. The van der Waals surface area contributed by atoms with Crippen LogP contribution in [-0.4, -0.2) is 9.13 Å². The van der Waals surface area contributed by atoms with Gasteiger partial charge in [-0.25, -0.2) is 0 Å². The minimum absolute atomic E-state index is 0.0203. The highest BCUT2D eigenvalue weighted by atomic mass is 19.4. The van der Waals surface area contributed by atoms with Gasteiger partial charge in [0.2, 0.25) is 0 Å². The van der Waals surface area contributed by atoms with Gasteiger partial charge in [-0.05, 0) is 178 Å². The maximum absolute atomic E-state index is 15.3. The molecule has 0 aliphatic carbocycles. The fourth-order valence-electron chi connectivity index (χ4n) is 12.1. The van der Waals surface area contributed by atoms with Gasteiger partial charge in [0.1, 0.15) is 11.6 Å². The normalized spacial score (nSPS) is 11.9. The maximum Gasteiger partial charge on any atom is 0.417 e. The standard InChI is InChI=1S/C70H54F3N3/c1-40-21-41(2)26-52(25-40)48-13-17-64-58(33-48)59-34-49(53-27-42(3)22-43(4)28-53)14-18-65(59)75(64)68-37-56(57-11-9-10-12-63(57)70(71,72)73)38-69(62(68)39-74)76-66-19-15-50(54-29-44(5)23-45(6)30-54)35-60(66)61-36-51(16-20-67(61)76)55-31-46(7)24-47(8)32-55/h9-38H,1-8H3. The Hall–Kier alpha value is -8.92. The lowest BCUT2D eigenvalue weighted by atomic mass is 9.95. The van der Waals surface area contributed by atoms with E-state index in [0.717, 1.165) is 139 Å². The van der Waals surface area contributed by atoms with Crippen LogP contribution in [0.3, 0.4) is 0 Å². The van der Waals surface area contributed by atoms with E-state index in [1.807, 2.05) is 0 Å². The third kappa shape index (κ3) is 8.43. The molecule has 12 rings (SSSR count). The molecule has 0 aliphatic heterocycles. The molecule has 0 aliphatic rings. The largest absolute Gasteiger partial charge is 0.417 e. The summed E-state index contributed by atoms with van der Waals surface area (Å²) in [7, 11) is 0. The van der Waals surface area contributed by atoms with E-state index in [-0.39, 0.29) is 5.56 Å². The SMILES string of the molecule is Cc1cc(C)cc(-c2ccc3c(c2)c2cc(-c4cc(C)cc(C)c4)ccc2n3-c2cc(-c3ccccc3C(F)(F)F)cc(-n3c4ccc(-c5cc(C)cc(C)c5)cc4c4cc(-c5cc(C)cc(C)c5)ccc43)c2C#N)c1. The topological polar surface area (TPSA) is 33.6 Å². The molecule has 0 fully saturated rings. The molecule has 0 saturated carbocycles. The summed E-state index contributed by atoms with van der Waals surface area (Å²) in [6.07, 6.45) is -4.66. The number of benzene rings is 10. The lowest BCUT2D eigenvalue weighted by Gasteiger charge is -2.20. The molecule has 76 heavy (non-hydrogen) atoms. The fourth-order valence-corrected chi connectivity index (χ4v) is 12.1. The van der Waals surface area contributed by atoms with Crippen molar-refractivity contribution in [3.8, 4) is 73.1 Å². The first-order chi connectivity index (χ1) is 36.5. The van der Waals surface area contributed by atoms with E-state index in [1.165, 1.54) is 12.1 Å². The van der Waals surface area contributed by atoms with Crippen LogP contribution in [0, 0.1) is 66.7 Å². The van der Waals surface area contributed by atoms with Gasteiger partial charge in [-0.1, -0.05) is 160 Å². The predicted molar refractivity (Wildman–Crippen MR) is 310 cm³/mol. The average Bonchev–Trinajstić information content (AvgIpc) is 3.97. The summed E-state index contributed by atoms with van der Waals surface area (Å²) in [6.45, 7) is 16.8. The smallest absolute Gasteiger partial charge is 0.308 e. The minimum atomic E-state index is -4.66. The van der Waals surface area contributed by atoms with Crippen LogP contribution in [0.1, 0.15) is 55.6 Å². The van der Waals surface area contributed by atoms with Crippen LogP contribution < -0.4 is 0 Å². The molecule has 370 valence electrons. The van der Waals surface area contributed by atoms with Crippen molar-refractivity contribution >= 4 is 43.6 Å². The summed E-state index contributed by atoms with van der Waals surface area (Å²) in [5, 5.41) is 15.7. The van der Waals surface area contributed by atoms with Gasteiger partial charge >= 0.3 is 6.18 Å². The highest BCUT2D eigenvalue weighted by Crippen LogP contribution is 2.45. The maximum atomic E-state index is 15.3. The summed E-state index contributed by atoms with van der Waals surface area (Å²) in [4.78, 5) is 0. The van der Waals surface area contributed by atoms with Crippen LogP contribution >= 0.6 is 0 Å². The minimum Gasteiger partial charge on any atom is -0.308 e. The van der Waals surface area contributed by atoms with Gasteiger partial charge in [0.25, 0.3) is 0 Å². The van der Waals surface area contributed by atoms with Crippen molar-refractivity contribution in [2.24, 2.45) is 0 Å². The van der Waals surface area contributed by atoms with E-state index in [2.05, 4.69) is 216 Å². The second-order valence-electron chi connectivity index (χ2n) is 21.1. The summed E-state index contributed by atoms with van der Waals surface area (Å²) < 4.78 is 50.1. The summed E-state index contributed by atoms with van der Waals surface area (Å²) in [5.41, 5.74) is 21.9. The van der Waals surface area contributed by atoms with Crippen molar-refractivity contribution in [1.29, 1.82) is 5.26 Å². The molecule has 12 aromatic rings. The summed E-state index contributed by atoms with van der Waals surface area (Å²) in [5.74, 6) is 0. The van der Waals surface area contributed by atoms with E-state index in [4.69, 9.17) is 0 Å². The van der Waals surface area contributed by atoms with E-state index >= 15 is 13.2 Å². The Morgan fingerprint density at radius 1 is 0.329 bits per heavy atom. The number of halogens is 3. The number of fused-ring (bicyclic) bond motifs is 6. The zero-order chi connectivity index (χ0) is 52.9. The van der Waals surface area contributed by atoms with E-state index < -0.39 is 11.7 Å². The number of nitrogens with zero attached hydrogens (tertiary/aromatic N) is 3. The van der Waals surface area contributed by atoms with Crippen LogP contribution in [0.15, 0.2) is 182 Å². The molecule has 0 amide bonds. The number of aromatic nitrogens is 2. The van der Waals surface area contributed by atoms with E-state index in [1.54, 1.807) is 18.2 Å². The average molecular weight is 994 g/mol. The van der Waals surface area contributed by atoms with Gasteiger partial charge in [-0.2, -0.15) is 18.4 Å². The molecule has 3 nitrogen and oxygen atoms in total. The Morgan fingerprint density at radius 3 is 0.895 bits per heavy atom. The fraction of sp³-hybridized carbons (Fsp3) is 0.129. The first-order valence-corrected chi connectivity index (χ1v) is 25.7. The number of aryl methyl sites for hydroxylation is 8. The Balaban J connectivity index is 1.20. The number of nitriles is 1. The number of rotatable bonds is 7. The first-order valence-electron chi connectivity index (χ1n) is 25.7. The van der Waals surface area contributed by atoms with Crippen molar-refractivity contribution in [3.05, 3.63) is 238 Å². The Labute approximate surface area is 441 Å². The number of alkyl halides is 3. The third-order valence-electron chi connectivity index (χ3n) is 15.0. The molecule has 0 unspecified atom stereocenters. The zero-order valence-electron chi connectivity index (χ0n) is 43.8. The van der Waals surface area contributed by atoms with Gasteiger partial charge in [-0.3, -0.25) is 0 Å². The molecule has 0 spiro atoms. The van der Waals surface area contributed by atoms with Crippen LogP contribution in [0.2, 0.25) is 0 Å². The molecule has 10 aromatic carbocycles. The van der Waals surface area contributed by atoms with Crippen molar-refractivity contribution < 1.29 is 13.2 Å². The third-order valence-corrected chi connectivity index (χ3v) is 15.0.